The van der Waals surface area contributed by atoms with Crippen molar-refractivity contribution in [1.29, 1.82) is 0 Å². The number of hydrogen-bond acceptors (Lipinski definition) is 1. The van der Waals surface area contributed by atoms with Gasteiger partial charge in [-0.2, -0.15) is 18.3 Å². The van der Waals surface area contributed by atoms with Gasteiger partial charge in [-0.05, 0) is 37.6 Å². The van der Waals surface area contributed by atoms with E-state index in [4.69, 9.17) is 0 Å². The maximum absolute atomic E-state index is 14.3. The fourth-order valence-corrected chi connectivity index (χ4v) is 2.42. The lowest BCUT2D eigenvalue weighted by molar-refractivity contribution is -0.141. The number of alkyl halides is 3. The minimum atomic E-state index is -4.61. The first-order valence-corrected chi connectivity index (χ1v) is 7.26. The Bertz CT molecular complexity index is 877. The molecule has 24 heavy (non-hydrogen) atoms. The third-order valence-corrected chi connectivity index (χ3v) is 3.68. The molecule has 0 aliphatic rings. The van der Waals surface area contributed by atoms with Gasteiger partial charge in [0.05, 0.1) is 5.69 Å². The molecule has 0 bridgehead atoms. The summed E-state index contributed by atoms with van der Waals surface area (Å²) >= 11 is 0. The number of rotatable bonds is 2. The Balaban J connectivity index is 2.23. The van der Waals surface area contributed by atoms with Crippen molar-refractivity contribution in [3.05, 3.63) is 71.2 Å². The fourth-order valence-electron chi connectivity index (χ4n) is 2.42. The van der Waals surface area contributed by atoms with Crippen LogP contribution in [0.3, 0.4) is 0 Å². The average molecular weight is 334 g/mol. The first kappa shape index (κ1) is 16.2. The largest absolute Gasteiger partial charge is 0.435 e. The van der Waals surface area contributed by atoms with E-state index in [0.29, 0.717) is 11.1 Å². The molecule has 0 saturated carbocycles. The Kier molecular flexibility index (Phi) is 3.91. The molecular weight excluding hydrogens is 320 g/mol. The summed E-state index contributed by atoms with van der Waals surface area (Å²) in [6.45, 7) is 3.58. The molecule has 0 aliphatic heterocycles. The van der Waals surface area contributed by atoms with E-state index >= 15 is 0 Å². The van der Waals surface area contributed by atoms with E-state index in [1.54, 1.807) is 37.3 Å². The van der Waals surface area contributed by atoms with Crippen molar-refractivity contribution in [3.63, 3.8) is 0 Å². The lowest BCUT2D eigenvalue weighted by Gasteiger charge is -2.09. The minimum Gasteiger partial charge on any atom is -0.230 e. The summed E-state index contributed by atoms with van der Waals surface area (Å²) in [5.41, 5.74) is 1.29. The Morgan fingerprint density at radius 2 is 1.50 bits per heavy atom. The second kappa shape index (κ2) is 5.78. The number of halogens is 4. The summed E-state index contributed by atoms with van der Waals surface area (Å²) in [5.74, 6) is -0.625. The van der Waals surface area contributed by atoms with Crippen LogP contribution in [0.15, 0.2) is 48.5 Å². The highest BCUT2D eigenvalue weighted by atomic mass is 19.4. The van der Waals surface area contributed by atoms with Crippen LogP contribution < -0.4 is 0 Å². The van der Waals surface area contributed by atoms with Gasteiger partial charge in [-0.15, -0.1) is 0 Å². The maximum Gasteiger partial charge on any atom is 0.435 e. The van der Waals surface area contributed by atoms with Gasteiger partial charge < -0.3 is 0 Å². The summed E-state index contributed by atoms with van der Waals surface area (Å²) in [6, 6.07) is 12.2. The molecule has 0 saturated heterocycles. The summed E-state index contributed by atoms with van der Waals surface area (Å²) in [4.78, 5) is 0. The van der Waals surface area contributed by atoms with Crippen molar-refractivity contribution in [2.45, 2.75) is 20.0 Å². The molecule has 0 unspecified atom stereocenters. The molecule has 0 fully saturated rings. The highest BCUT2D eigenvalue weighted by Crippen LogP contribution is 2.33. The smallest absolute Gasteiger partial charge is 0.230 e. The van der Waals surface area contributed by atoms with E-state index in [9.17, 15) is 17.6 Å². The molecule has 3 aromatic rings. The van der Waals surface area contributed by atoms with Gasteiger partial charge in [0.25, 0.3) is 0 Å². The molecule has 0 aliphatic carbocycles. The summed E-state index contributed by atoms with van der Waals surface area (Å²) in [7, 11) is 0. The molecule has 2 nitrogen and oxygen atoms in total. The van der Waals surface area contributed by atoms with Crippen molar-refractivity contribution >= 4 is 0 Å². The molecule has 0 N–H and O–H groups in total. The van der Waals surface area contributed by atoms with E-state index in [1.165, 1.54) is 12.1 Å². The number of nitrogens with zero attached hydrogens (tertiary/aromatic N) is 2. The Morgan fingerprint density at radius 3 is 2.08 bits per heavy atom. The van der Waals surface area contributed by atoms with Crippen molar-refractivity contribution in [2.75, 3.05) is 0 Å². The van der Waals surface area contributed by atoms with E-state index in [-0.39, 0.29) is 11.4 Å². The summed E-state index contributed by atoms with van der Waals surface area (Å²) in [5, 5.41) is 3.59. The zero-order valence-corrected chi connectivity index (χ0v) is 13.0. The van der Waals surface area contributed by atoms with Crippen LogP contribution in [-0.2, 0) is 6.18 Å². The second-order valence-electron chi connectivity index (χ2n) is 5.65. The molecule has 0 radical (unpaired) electrons. The highest BCUT2D eigenvalue weighted by molar-refractivity contribution is 5.63. The van der Waals surface area contributed by atoms with Gasteiger partial charge in [0, 0.05) is 5.56 Å². The van der Waals surface area contributed by atoms with Crippen LogP contribution >= 0.6 is 0 Å². The molecular formula is C18H14F4N2. The van der Waals surface area contributed by atoms with Gasteiger partial charge in [0.1, 0.15) is 11.5 Å². The Labute approximate surface area is 136 Å². The average Bonchev–Trinajstić information content (AvgIpc) is 2.93. The standard InChI is InChI=1S/C18H14F4N2/c1-11-3-6-13(7-4-11)16-10-17(18(20,21)22)23-24(16)15-8-5-12(2)9-14(15)19/h3-10H,1-2H3. The summed E-state index contributed by atoms with van der Waals surface area (Å²) in [6.07, 6.45) is -4.61. The predicted octanol–water partition coefficient (Wildman–Crippen LogP) is 5.31. The van der Waals surface area contributed by atoms with Crippen LogP contribution in [0.4, 0.5) is 17.6 Å². The van der Waals surface area contributed by atoms with Crippen molar-refractivity contribution in [1.82, 2.24) is 9.78 Å². The number of aryl methyl sites for hydroxylation is 2. The van der Waals surface area contributed by atoms with Gasteiger partial charge in [0.2, 0.25) is 0 Å². The van der Waals surface area contributed by atoms with Crippen LogP contribution in [0.25, 0.3) is 16.9 Å². The van der Waals surface area contributed by atoms with E-state index in [2.05, 4.69) is 5.10 Å². The molecule has 6 heteroatoms. The van der Waals surface area contributed by atoms with Gasteiger partial charge in [-0.3, -0.25) is 0 Å². The minimum absolute atomic E-state index is 0.0216. The molecule has 0 amide bonds. The van der Waals surface area contributed by atoms with Crippen molar-refractivity contribution in [3.8, 4) is 16.9 Å². The Hall–Kier alpha value is -2.63. The lowest BCUT2D eigenvalue weighted by Crippen LogP contribution is -2.08. The second-order valence-corrected chi connectivity index (χ2v) is 5.65. The van der Waals surface area contributed by atoms with Gasteiger partial charge >= 0.3 is 6.18 Å². The maximum atomic E-state index is 14.3. The monoisotopic (exact) mass is 334 g/mol. The third kappa shape index (κ3) is 3.04. The van der Waals surface area contributed by atoms with Crippen LogP contribution in [0.1, 0.15) is 16.8 Å². The molecule has 124 valence electrons. The van der Waals surface area contributed by atoms with Crippen molar-refractivity contribution in [2.24, 2.45) is 0 Å². The molecule has 0 atom stereocenters. The Morgan fingerprint density at radius 1 is 0.875 bits per heavy atom. The van der Waals surface area contributed by atoms with E-state index in [0.717, 1.165) is 16.3 Å². The highest BCUT2D eigenvalue weighted by Gasteiger charge is 2.35. The number of hydrogen-bond donors (Lipinski definition) is 0. The normalized spacial score (nSPS) is 11.8. The van der Waals surface area contributed by atoms with Crippen LogP contribution in [0, 0.1) is 19.7 Å². The molecule has 2 aromatic carbocycles. The molecule has 1 aromatic heterocycles. The SMILES string of the molecule is Cc1ccc(-c2cc(C(F)(F)F)nn2-c2ccc(C)cc2F)cc1. The quantitative estimate of drug-likeness (QED) is 0.580. The molecule has 1 heterocycles. The fraction of sp³-hybridized carbons (Fsp3) is 0.167. The van der Waals surface area contributed by atoms with Gasteiger partial charge in [-0.25, -0.2) is 9.07 Å². The van der Waals surface area contributed by atoms with Gasteiger partial charge in [0.15, 0.2) is 5.69 Å². The first-order valence-electron chi connectivity index (χ1n) is 7.26. The zero-order valence-electron chi connectivity index (χ0n) is 13.0. The van der Waals surface area contributed by atoms with E-state index < -0.39 is 17.7 Å². The van der Waals surface area contributed by atoms with Crippen LogP contribution in [-0.4, -0.2) is 9.78 Å². The van der Waals surface area contributed by atoms with Crippen molar-refractivity contribution < 1.29 is 17.6 Å². The third-order valence-electron chi connectivity index (χ3n) is 3.68. The predicted molar refractivity (Wildman–Crippen MR) is 83.4 cm³/mol. The topological polar surface area (TPSA) is 17.8 Å². The van der Waals surface area contributed by atoms with Gasteiger partial charge in [-0.1, -0.05) is 35.9 Å². The lowest BCUT2D eigenvalue weighted by atomic mass is 10.1. The molecule has 0 spiro atoms. The first-order chi connectivity index (χ1) is 11.3. The van der Waals surface area contributed by atoms with Crippen LogP contribution in [0.2, 0.25) is 0 Å². The molecule has 3 rings (SSSR count). The number of aromatic nitrogens is 2. The van der Waals surface area contributed by atoms with E-state index in [1.807, 2.05) is 6.92 Å². The number of benzene rings is 2. The van der Waals surface area contributed by atoms with Crippen LogP contribution in [0.5, 0.6) is 0 Å². The summed E-state index contributed by atoms with van der Waals surface area (Å²) < 4.78 is 54.5. The zero-order chi connectivity index (χ0) is 17.5.